The van der Waals surface area contributed by atoms with Crippen LogP contribution in [-0.4, -0.2) is 19.0 Å². The van der Waals surface area contributed by atoms with Gasteiger partial charge >= 0.3 is 0 Å². The lowest BCUT2D eigenvalue weighted by molar-refractivity contribution is 0.0647. The molecule has 0 aromatic rings. The highest BCUT2D eigenvalue weighted by atomic mass is 19.3. The van der Waals surface area contributed by atoms with Crippen molar-refractivity contribution in [2.75, 3.05) is 13.1 Å². The number of hydrogen-bond donors (Lipinski definition) is 1. The highest BCUT2D eigenvalue weighted by Crippen LogP contribution is 2.67. The Bertz CT molecular complexity index is 209. The second kappa shape index (κ2) is 2.00. The SMILES string of the molecule is FC1(F)C(C2CC2)C1C1CNC1. The van der Waals surface area contributed by atoms with Crippen molar-refractivity contribution in [2.45, 2.75) is 18.8 Å². The molecule has 2 unspecified atom stereocenters. The third-order valence-corrected chi connectivity index (χ3v) is 3.62. The number of halogens is 2. The monoisotopic (exact) mass is 173 g/mol. The van der Waals surface area contributed by atoms with Crippen LogP contribution in [0.5, 0.6) is 0 Å². The van der Waals surface area contributed by atoms with Crippen molar-refractivity contribution in [3.05, 3.63) is 0 Å². The lowest BCUT2D eigenvalue weighted by Crippen LogP contribution is -2.44. The predicted molar refractivity (Wildman–Crippen MR) is 41.0 cm³/mol. The Kier molecular flexibility index (Phi) is 1.21. The van der Waals surface area contributed by atoms with Crippen LogP contribution in [0.3, 0.4) is 0 Å². The fourth-order valence-electron chi connectivity index (χ4n) is 2.61. The van der Waals surface area contributed by atoms with E-state index in [2.05, 4.69) is 5.32 Å². The van der Waals surface area contributed by atoms with Gasteiger partial charge < -0.3 is 5.32 Å². The Morgan fingerprint density at radius 1 is 1.00 bits per heavy atom. The summed E-state index contributed by atoms with van der Waals surface area (Å²) in [5.41, 5.74) is 0. The van der Waals surface area contributed by atoms with Gasteiger partial charge in [-0.3, -0.25) is 0 Å². The van der Waals surface area contributed by atoms with Crippen LogP contribution in [0.4, 0.5) is 8.78 Å². The van der Waals surface area contributed by atoms with Gasteiger partial charge in [0.15, 0.2) is 0 Å². The molecule has 0 spiro atoms. The average molecular weight is 173 g/mol. The van der Waals surface area contributed by atoms with E-state index in [-0.39, 0.29) is 17.8 Å². The molecule has 3 heteroatoms. The van der Waals surface area contributed by atoms with Gasteiger partial charge in [-0.2, -0.15) is 0 Å². The summed E-state index contributed by atoms with van der Waals surface area (Å²) in [4.78, 5) is 0. The molecule has 3 rings (SSSR count). The van der Waals surface area contributed by atoms with Gasteiger partial charge in [-0.05, 0) is 37.8 Å². The molecule has 2 atom stereocenters. The molecule has 0 amide bonds. The molecule has 0 bridgehead atoms. The Morgan fingerprint density at radius 3 is 2.00 bits per heavy atom. The zero-order valence-electron chi connectivity index (χ0n) is 6.89. The molecule has 0 radical (unpaired) electrons. The Hall–Kier alpha value is -0.180. The Labute approximate surface area is 70.5 Å². The first kappa shape index (κ1) is 7.25. The molecule has 0 aromatic heterocycles. The summed E-state index contributed by atoms with van der Waals surface area (Å²) >= 11 is 0. The second-order valence-electron chi connectivity index (χ2n) is 4.48. The summed E-state index contributed by atoms with van der Waals surface area (Å²) < 4.78 is 26.4. The zero-order valence-corrected chi connectivity index (χ0v) is 6.89. The van der Waals surface area contributed by atoms with Crippen molar-refractivity contribution in [3.63, 3.8) is 0 Å². The Balaban J connectivity index is 1.71. The van der Waals surface area contributed by atoms with E-state index in [1.54, 1.807) is 0 Å². The summed E-state index contributed by atoms with van der Waals surface area (Å²) in [7, 11) is 0. The standard InChI is InChI=1S/C9H13F2N/c10-9(11)7(5-1-2-5)8(9)6-3-12-4-6/h5-8,12H,1-4H2. The van der Waals surface area contributed by atoms with Gasteiger partial charge in [0.1, 0.15) is 0 Å². The minimum atomic E-state index is -2.30. The second-order valence-corrected chi connectivity index (χ2v) is 4.48. The van der Waals surface area contributed by atoms with Crippen LogP contribution in [0.1, 0.15) is 12.8 Å². The van der Waals surface area contributed by atoms with Gasteiger partial charge in [0.25, 0.3) is 5.92 Å². The molecule has 12 heavy (non-hydrogen) atoms. The maximum atomic E-state index is 13.2. The van der Waals surface area contributed by atoms with Crippen LogP contribution < -0.4 is 5.32 Å². The number of nitrogens with one attached hydrogen (secondary N) is 1. The lowest BCUT2D eigenvalue weighted by Gasteiger charge is -2.27. The normalized spacial score (nSPS) is 45.5. The van der Waals surface area contributed by atoms with Gasteiger partial charge in [-0.25, -0.2) is 8.78 Å². The molecule has 68 valence electrons. The molecule has 2 aliphatic carbocycles. The van der Waals surface area contributed by atoms with Crippen LogP contribution in [0.2, 0.25) is 0 Å². The quantitative estimate of drug-likeness (QED) is 0.667. The summed E-state index contributed by atoms with van der Waals surface area (Å²) in [5, 5.41) is 3.07. The molecule has 3 fully saturated rings. The van der Waals surface area contributed by atoms with Crippen molar-refractivity contribution in [1.82, 2.24) is 5.32 Å². The summed E-state index contributed by atoms with van der Waals surface area (Å²) in [5.74, 6) is -2.12. The molecule has 2 saturated carbocycles. The fourth-order valence-corrected chi connectivity index (χ4v) is 2.61. The maximum Gasteiger partial charge on any atom is 0.255 e. The first-order valence-electron chi connectivity index (χ1n) is 4.80. The molecule has 1 saturated heterocycles. The van der Waals surface area contributed by atoms with E-state index in [1.165, 1.54) is 0 Å². The summed E-state index contributed by atoms with van der Waals surface area (Å²) in [6.45, 7) is 1.65. The molecule has 1 nitrogen and oxygen atoms in total. The average Bonchev–Trinajstić information content (AvgIpc) is 2.69. The van der Waals surface area contributed by atoms with E-state index >= 15 is 0 Å². The number of alkyl halides is 2. The Morgan fingerprint density at radius 2 is 1.58 bits per heavy atom. The molecule has 0 aromatic carbocycles. The van der Waals surface area contributed by atoms with Gasteiger partial charge in [0.05, 0.1) is 0 Å². The van der Waals surface area contributed by atoms with Crippen molar-refractivity contribution in [3.8, 4) is 0 Å². The van der Waals surface area contributed by atoms with Crippen LogP contribution in [-0.2, 0) is 0 Å². The number of hydrogen-bond acceptors (Lipinski definition) is 1. The van der Waals surface area contributed by atoms with E-state index in [9.17, 15) is 8.78 Å². The molecule has 1 heterocycles. The van der Waals surface area contributed by atoms with Gasteiger partial charge in [-0.15, -0.1) is 0 Å². The third kappa shape index (κ3) is 0.804. The third-order valence-electron chi connectivity index (χ3n) is 3.62. The van der Waals surface area contributed by atoms with E-state index in [1.807, 2.05) is 0 Å². The van der Waals surface area contributed by atoms with E-state index in [0.29, 0.717) is 5.92 Å². The van der Waals surface area contributed by atoms with Crippen molar-refractivity contribution in [2.24, 2.45) is 23.7 Å². The largest absolute Gasteiger partial charge is 0.316 e. The highest BCUT2D eigenvalue weighted by molar-refractivity contribution is 5.15. The van der Waals surface area contributed by atoms with Gasteiger partial charge in [-0.1, -0.05) is 0 Å². The van der Waals surface area contributed by atoms with Crippen LogP contribution in [0, 0.1) is 23.7 Å². The zero-order chi connectivity index (χ0) is 8.34. The van der Waals surface area contributed by atoms with E-state index in [4.69, 9.17) is 0 Å². The fraction of sp³-hybridized carbons (Fsp3) is 1.00. The predicted octanol–water partition coefficient (Wildman–Crippen LogP) is 1.50. The van der Waals surface area contributed by atoms with Crippen LogP contribution >= 0.6 is 0 Å². The maximum absolute atomic E-state index is 13.2. The van der Waals surface area contributed by atoms with E-state index in [0.717, 1.165) is 25.9 Å². The minimum absolute atomic E-state index is 0.232. The van der Waals surface area contributed by atoms with Crippen molar-refractivity contribution < 1.29 is 8.78 Å². The first-order chi connectivity index (χ1) is 5.71. The minimum Gasteiger partial charge on any atom is -0.316 e. The van der Waals surface area contributed by atoms with E-state index < -0.39 is 5.92 Å². The molecule has 1 aliphatic heterocycles. The van der Waals surface area contributed by atoms with Crippen LogP contribution in [0.15, 0.2) is 0 Å². The molecule has 1 N–H and O–H groups in total. The van der Waals surface area contributed by atoms with Crippen molar-refractivity contribution >= 4 is 0 Å². The highest BCUT2D eigenvalue weighted by Gasteiger charge is 2.74. The molecule has 3 aliphatic rings. The first-order valence-corrected chi connectivity index (χ1v) is 4.80. The van der Waals surface area contributed by atoms with Gasteiger partial charge in [0, 0.05) is 11.8 Å². The molecular weight excluding hydrogens is 160 g/mol. The van der Waals surface area contributed by atoms with Gasteiger partial charge in [0.2, 0.25) is 0 Å². The summed E-state index contributed by atoms with van der Waals surface area (Å²) in [6.07, 6.45) is 2.10. The van der Waals surface area contributed by atoms with Crippen molar-refractivity contribution in [1.29, 1.82) is 0 Å². The topological polar surface area (TPSA) is 12.0 Å². The van der Waals surface area contributed by atoms with Crippen LogP contribution in [0.25, 0.3) is 0 Å². The molecular formula is C9H13F2N. The number of rotatable bonds is 2. The lowest BCUT2D eigenvalue weighted by atomic mass is 9.95. The summed E-state index contributed by atoms with van der Waals surface area (Å²) in [6, 6.07) is 0. The smallest absolute Gasteiger partial charge is 0.255 e.